The zero-order chi connectivity index (χ0) is 38.0. The number of benzene rings is 2. The average molecular weight is 755 g/mol. The van der Waals surface area contributed by atoms with E-state index in [4.69, 9.17) is 9.47 Å². The van der Waals surface area contributed by atoms with Gasteiger partial charge in [0.25, 0.3) is 0 Å². The van der Waals surface area contributed by atoms with Gasteiger partial charge in [-0.25, -0.2) is 27.2 Å². The van der Waals surface area contributed by atoms with Gasteiger partial charge < -0.3 is 54.3 Å². The van der Waals surface area contributed by atoms with Crippen LogP contribution in [0.25, 0.3) is 21.8 Å². The van der Waals surface area contributed by atoms with Crippen molar-refractivity contribution < 1.29 is 62.5 Å². The number of nitrogens with zero attached hydrogens (tertiary/aromatic N) is 4. The molecule has 53 heavy (non-hydrogen) atoms. The molecule has 2 atom stereocenters. The fourth-order valence-electron chi connectivity index (χ4n) is 6.68. The molecular formula is C34H38F4N4O11. The van der Waals surface area contributed by atoms with Gasteiger partial charge in [0.15, 0.2) is 23.1 Å². The maximum absolute atomic E-state index is 14.8. The van der Waals surface area contributed by atoms with Gasteiger partial charge in [0.05, 0.1) is 61.3 Å². The molecule has 6 rings (SSSR count). The summed E-state index contributed by atoms with van der Waals surface area (Å²) in [5, 5.41) is 37.5. The summed E-state index contributed by atoms with van der Waals surface area (Å²) in [7, 11) is 2.58. The Hall–Kier alpha value is -5.40. The van der Waals surface area contributed by atoms with Gasteiger partial charge in [0.2, 0.25) is 10.9 Å². The summed E-state index contributed by atoms with van der Waals surface area (Å²) in [5.74, 6) is -4.47. The molecular weight excluding hydrogens is 716 g/mol. The first-order chi connectivity index (χ1) is 24.8. The molecule has 0 bridgehead atoms. The Kier molecular flexibility index (Phi) is 12.6. The van der Waals surface area contributed by atoms with E-state index in [9.17, 15) is 57.2 Å². The van der Waals surface area contributed by atoms with Gasteiger partial charge >= 0.3 is 11.9 Å². The third-order valence-electron chi connectivity index (χ3n) is 8.97. The van der Waals surface area contributed by atoms with Gasteiger partial charge in [-0.3, -0.25) is 9.59 Å². The van der Waals surface area contributed by atoms with Gasteiger partial charge in [0, 0.05) is 38.6 Å². The lowest BCUT2D eigenvalue weighted by atomic mass is 10.1. The summed E-state index contributed by atoms with van der Waals surface area (Å²) < 4.78 is 68.8. The number of halogens is 4. The highest BCUT2D eigenvalue weighted by molar-refractivity contribution is 5.98. The number of ether oxygens (including phenoxy) is 2. The van der Waals surface area contributed by atoms with Crippen LogP contribution in [-0.4, -0.2) is 113 Å². The molecule has 0 amide bonds. The molecule has 2 saturated heterocycles. The fraction of sp³-hybridized carbons (Fsp3) is 0.412. The molecule has 0 spiro atoms. The molecule has 4 aromatic rings. The first kappa shape index (κ1) is 40.4. The number of carbonyl (C=O) groups is 2. The molecule has 6 N–H and O–H groups in total. The van der Waals surface area contributed by atoms with Crippen LogP contribution >= 0.6 is 0 Å². The predicted molar refractivity (Wildman–Crippen MR) is 185 cm³/mol. The molecule has 0 radical (unpaired) electrons. The number of carboxylic acid groups (broad SMARTS) is 2. The van der Waals surface area contributed by atoms with Gasteiger partial charge in [-0.15, -0.1) is 0 Å². The van der Waals surface area contributed by atoms with E-state index in [0.29, 0.717) is 25.9 Å². The lowest BCUT2D eigenvalue weighted by Crippen LogP contribution is -2.25. The summed E-state index contributed by atoms with van der Waals surface area (Å²) in [5.41, 5.74) is -2.51. The minimum Gasteiger partial charge on any atom is -0.492 e. The van der Waals surface area contributed by atoms with Crippen molar-refractivity contribution in [2.24, 2.45) is 0 Å². The molecule has 0 aliphatic carbocycles. The summed E-state index contributed by atoms with van der Waals surface area (Å²) >= 11 is 0. The van der Waals surface area contributed by atoms with Crippen LogP contribution in [0.1, 0.15) is 33.6 Å². The number of pyridine rings is 2. The van der Waals surface area contributed by atoms with Crippen LogP contribution in [0.15, 0.2) is 34.1 Å². The highest BCUT2D eigenvalue weighted by atomic mass is 19.1. The zero-order valence-electron chi connectivity index (χ0n) is 28.6. The quantitative estimate of drug-likeness (QED) is 0.171. The Labute approximate surface area is 297 Å². The van der Waals surface area contributed by atoms with Crippen molar-refractivity contribution in [2.45, 2.75) is 38.1 Å². The predicted octanol–water partition coefficient (Wildman–Crippen LogP) is 1.95. The molecule has 288 valence electrons. The van der Waals surface area contributed by atoms with E-state index in [1.165, 1.54) is 23.4 Å². The van der Waals surface area contributed by atoms with Crippen molar-refractivity contribution in [1.29, 1.82) is 0 Å². The Bertz CT molecular complexity index is 2010. The molecule has 2 aromatic heterocycles. The molecule has 2 aromatic carbocycles. The van der Waals surface area contributed by atoms with E-state index < -0.39 is 71.1 Å². The highest BCUT2D eigenvalue weighted by Crippen LogP contribution is 2.41. The third kappa shape index (κ3) is 7.58. The van der Waals surface area contributed by atoms with Gasteiger partial charge in [-0.2, -0.15) is 0 Å². The molecule has 2 aliphatic heterocycles. The first-order valence-electron chi connectivity index (χ1n) is 16.1. The van der Waals surface area contributed by atoms with Crippen molar-refractivity contribution in [3.63, 3.8) is 0 Å². The summed E-state index contributed by atoms with van der Waals surface area (Å²) in [4.78, 5) is 50.7. The van der Waals surface area contributed by atoms with Crippen molar-refractivity contribution >= 4 is 45.1 Å². The lowest BCUT2D eigenvalue weighted by Gasteiger charge is -2.24. The second-order valence-corrected chi connectivity index (χ2v) is 12.2. The summed E-state index contributed by atoms with van der Waals surface area (Å²) in [6.07, 6.45) is 1.76. The number of fused-ring (bicyclic) bond motifs is 2. The third-order valence-corrected chi connectivity index (χ3v) is 8.97. The van der Waals surface area contributed by atoms with Gasteiger partial charge in [0.1, 0.15) is 35.9 Å². The van der Waals surface area contributed by atoms with Crippen molar-refractivity contribution in [2.75, 3.05) is 63.5 Å². The van der Waals surface area contributed by atoms with Crippen LogP contribution in [-0.2, 0) is 13.1 Å². The summed E-state index contributed by atoms with van der Waals surface area (Å²) in [6, 6.07) is 1.89. The molecule has 2 aliphatic rings. The number of carboxylic acids is 2. The minimum absolute atomic E-state index is 0. The summed E-state index contributed by atoms with van der Waals surface area (Å²) in [6.45, 7) is -0.896. The number of hydrogen-bond acceptors (Lipinski definition) is 10. The normalized spacial score (nSPS) is 16.8. The Morgan fingerprint density at radius 1 is 0.736 bits per heavy atom. The highest BCUT2D eigenvalue weighted by Gasteiger charge is 2.31. The SMILES string of the molecule is COc1c(N2CCC(O)C2)c(F)cc2c(=O)c(C(=O)O)cn(CCF)c12.COc1c(N2CCC(O)C2)c(F)cc2c(=O)c(C(=O)O)cn(CCF)c12.O. The second-order valence-electron chi connectivity index (χ2n) is 12.2. The monoisotopic (exact) mass is 754 g/mol. The molecule has 15 nitrogen and oxygen atoms in total. The van der Waals surface area contributed by atoms with E-state index in [2.05, 4.69) is 0 Å². The number of anilines is 2. The number of aromatic nitrogens is 2. The number of alkyl halides is 2. The lowest BCUT2D eigenvalue weighted by molar-refractivity contribution is 0.0684. The van der Waals surface area contributed by atoms with Crippen LogP contribution < -0.4 is 30.1 Å². The standard InChI is InChI=1S/2C17H18F2N2O5.H2O/c2*1-26-16-13-10(6-12(19)14(16)20-4-2-9(22)7-20)15(23)11(17(24)25)8-21(13)5-3-18;/h2*6,8-9,22H,2-5,7H2,1H3,(H,24,25);1H2. The number of hydrogen-bond donors (Lipinski definition) is 4. The fourth-order valence-corrected chi connectivity index (χ4v) is 6.68. The van der Waals surface area contributed by atoms with E-state index in [1.54, 1.807) is 9.80 Å². The number of aliphatic hydroxyl groups excluding tert-OH is 2. The minimum atomic E-state index is -1.48. The topological polar surface area (TPSA) is 216 Å². The van der Waals surface area contributed by atoms with E-state index >= 15 is 0 Å². The first-order valence-corrected chi connectivity index (χ1v) is 16.1. The maximum atomic E-state index is 14.8. The van der Waals surface area contributed by atoms with E-state index in [0.717, 1.165) is 24.5 Å². The van der Waals surface area contributed by atoms with Gasteiger partial charge in [-0.1, -0.05) is 0 Å². The maximum Gasteiger partial charge on any atom is 0.341 e. The molecule has 19 heteroatoms. The van der Waals surface area contributed by atoms with Gasteiger partial charge in [-0.05, 0) is 25.0 Å². The van der Waals surface area contributed by atoms with E-state index in [1.807, 2.05) is 0 Å². The van der Waals surface area contributed by atoms with Crippen LogP contribution in [0.3, 0.4) is 0 Å². The van der Waals surface area contributed by atoms with Crippen LogP contribution in [0.4, 0.5) is 28.9 Å². The Morgan fingerprint density at radius 2 is 1.09 bits per heavy atom. The molecule has 2 fully saturated rings. The smallest absolute Gasteiger partial charge is 0.341 e. The van der Waals surface area contributed by atoms with Crippen molar-refractivity contribution in [3.8, 4) is 11.5 Å². The van der Waals surface area contributed by atoms with E-state index in [-0.39, 0.29) is 76.3 Å². The van der Waals surface area contributed by atoms with Crippen molar-refractivity contribution in [3.05, 3.63) is 67.7 Å². The molecule has 4 heterocycles. The number of aliphatic hydroxyl groups is 2. The number of rotatable bonds is 10. The second kappa shape index (κ2) is 16.5. The number of methoxy groups -OCH3 is 2. The Morgan fingerprint density at radius 3 is 1.36 bits per heavy atom. The van der Waals surface area contributed by atoms with Crippen molar-refractivity contribution in [1.82, 2.24) is 9.13 Å². The van der Waals surface area contributed by atoms with Crippen LogP contribution in [0.2, 0.25) is 0 Å². The number of aryl methyl sites for hydroxylation is 2. The van der Waals surface area contributed by atoms with Crippen LogP contribution in [0, 0.1) is 11.6 Å². The molecule has 2 unspecified atom stereocenters. The zero-order valence-corrected chi connectivity index (χ0v) is 28.6. The largest absolute Gasteiger partial charge is 0.492 e. The number of β-amino-alcohol motifs (C(OH)–C–C–N with tert-alkyl or cyclic N) is 2. The van der Waals surface area contributed by atoms with Crippen LogP contribution in [0.5, 0.6) is 11.5 Å². The average Bonchev–Trinajstić information content (AvgIpc) is 3.73. The Balaban J connectivity index is 0.000000232. The number of aromatic carboxylic acids is 2. The molecule has 0 saturated carbocycles.